The zero-order valence-corrected chi connectivity index (χ0v) is 12.4. The number of rotatable bonds is 4. The van der Waals surface area contributed by atoms with Gasteiger partial charge in [0, 0.05) is 0 Å². The fourth-order valence-electron chi connectivity index (χ4n) is 1.72. The summed E-state index contributed by atoms with van der Waals surface area (Å²) < 4.78 is 2.84. The Morgan fingerprint density at radius 2 is 1.41 bits per heavy atom. The van der Waals surface area contributed by atoms with Gasteiger partial charge in [0.25, 0.3) is 0 Å². The Labute approximate surface area is 114 Å². The van der Waals surface area contributed by atoms with E-state index >= 15 is 0 Å². The average Bonchev–Trinajstić information content (AvgIpc) is 2.40. The first-order chi connectivity index (χ1) is 8.33. The number of halogens is 1. The molecule has 0 bridgehead atoms. The maximum atomic E-state index is 3.14. The molecule has 0 amide bonds. The summed E-state index contributed by atoms with van der Waals surface area (Å²) in [6.45, 7) is 2.26. The molecule has 0 atom stereocenters. The van der Waals surface area contributed by atoms with Crippen LogP contribution >= 0.6 is 0 Å². The summed E-state index contributed by atoms with van der Waals surface area (Å²) in [5.74, 6) is 0. The van der Waals surface area contributed by atoms with E-state index in [2.05, 4.69) is 60.8 Å². The fraction of sp³-hybridized carbons (Fsp3) is 0.200. The predicted octanol–water partition coefficient (Wildman–Crippen LogP) is 0.674. The van der Waals surface area contributed by atoms with E-state index in [4.69, 9.17) is 0 Å². The van der Waals surface area contributed by atoms with Gasteiger partial charge in [0.15, 0.2) is 0 Å². The molecule has 0 saturated heterocycles. The van der Waals surface area contributed by atoms with E-state index in [0.29, 0.717) is 0 Å². The predicted molar refractivity (Wildman–Crippen MR) is 70.7 cm³/mol. The minimum atomic E-state index is 0.229. The summed E-state index contributed by atoms with van der Waals surface area (Å²) >= 11 is 0.229. The van der Waals surface area contributed by atoms with Crippen LogP contribution in [0.15, 0.2) is 48.5 Å². The second-order valence-electron chi connectivity index (χ2n) is 3.74. The number of nitrogens with one attached hydrogen (secondary N) is 1. The molecule has 2 aromatic rings. The van der Waals surface area contributed by atoms with Crippen LogP contribution in [-0.4, -0.2) is 11.5 Å². The van der Waals surface area contributed by atoms with Gasteiger partial charge in [-0.3, -0.25) is 0 Å². The van der Waals surface area contributed by atoms with E-state index < -0.39 is 0 Å². The van der Waals surface area contributed by atoms with Crippen LogP contribution in [-0.2, 0) is 0 Å². The van der Waals surface area contributed by atoms with Gasteiger partial charge in [0.05, 0.1) is 0 Å². The van der Waals surface area contributed by atoms with Crippen molar-refractivity contribution in [1.29, 1.82) is 0 Å². The van der Waals surface area contributed by atoms with E-state index in [9.17, 15) is 0 Å². The normalized spacial score (nSPS) is 10.5. The molecule has 0 spiro atoms. The van der Waals surface area contributed by atoms with Crippen molar-refractivity contribution < 1.29 is 21.2 Å². The molecule has 0 heterocycles. The molecule has 0 aliphatic heterocycles. The molecule has 0 unspecified atom stereocenters. The van der Waals surface area contributed by atoms with E-state index in [-0.39, 0.29) is 21.2 Å². The van der Waals surface area contributed by atoms with E-state index in [1.54, 1.807) is 0 Å². The molecule has 1 nitrogen and oxygen atoms in total. The number of hydrogen-bond acceptors (Lipinski definition) is 1. The summed E-state index contributed by atoms with van der Waals surface area (Å²) in [5.41, 5.74) is 3.74. The van der Waals surface area contributed by atoms with E-state index in [1.165, 1.54) is 19.1 Å². The molecule has 1 N–H and O–H groups in total. The monoisotopic (exact) mass is 338 g/mol. The van der Waals surface area contributed by atoms with Gasteiger partial charge < -0.3 is 0 Å². The molecular weight excluding hydrogens is 321 g/mol. The molecule has 0 aliphatic carbocycles. The summed E-state index contributed by atoms with van der Waals surface area (Å²) in [4.78, 5) is 0. The standard InChI is InChI=1S/C15H17IN/c1-3-16-14-8-4-12(5-9-14)13-6-10-15(17-2)11-7-13/h4-11,17H,3H2,1-2H3/q-1. The van der Waals surface area contributed by atoms with Crippen LogP contribution in [0.4, 0.5) is 5.69 Å². The van der Waals surface area contributed by atoms with Crippen molar-refractivity contribution in [2.24, 2.45) is 0 Å². The van der Waals surface area contributed by atoms with Crippen LogP contribution in [0, 0.1) is 3.57 Å². The van der Waals surface area contributed by atoms with Crippen LogP contribution in [0.3, 0.4) is 0 Å². The SMILES string of the molecule is CC[I-]c1ccc(-c2ccc(NC)cc2)cc1. The maximum absolute atomic E-state index is 3.14. The first-order valence-electron chi connectivity index (χ1n) is 5.81. The Balaban J connectivity index is 2.20. The third kappa shape index (κ3) is 3.22. The molecule has 0 radical (unpaired) electrons. The van der Waals surface area contributed by atoms with Crippen molar-refractivity contribution in [3.8, 4) is 11.1 Å². The van der Waals surface area contributed by atoms with Crippen LogP contribution in [0.25, 0.3) is 11.1 Å². The van der Waals surface area contributed by atoms with Gasteiger partial charge in [0.2, 0.25) is 0 Å². The zero-order valence-electron chi connectivity index (χ0n) is 10.2. The first kappa shape index (κ1) is 12.4. The Morgan fingerprint density at radius 3 is 1.88 bits per heavy atom. The molecule has 0 aromatic heterocycles. The van der Waals surface area contributed by atoms with Gasteiger partial charge >= 0.3 is 114 Å². The first-order valence-corrected chi connectivity index (χ1v) is 8.41. The number of benzene rings is 2. The third-order valence-corrected chi connectivity index (χ3v) is 5.00. The van der Waals surface area contributed by atoms with Gasteiger partial charge in [-0.1, -0.05) is 0 Å². The summed E-state index contributed by atoms with van der Waals surface area (Å²) in [7, 11) is 1.94. The van der Waals surface area contributed by atoms with Gasteiger partial charge in [-0.2, -0.15) is 0 Å². The number of alkyl halides is 1. The van der Waals surface area contributed by atoms with Crippen molar-refractivity contribution in [1.82, 2.24) is 0 Å². The number of hydrogen-bond donors (Lipinski definition) is 1. The molecule has 0 fully saturated rings. The third-order valence-electron chi connectivity index (χ3n) is 2.64. The van der Waals surface area contributed by atoms with Crippen LogP contribution < -0.4 is 26.5 Å². The molecule has 2 aromatic carbocycles. The minimum absolute atomic E-state index is 0.229. The van der Waals surface area contributed by atoms with Crippen molar-refractivity contribution in [2.75, 3.05) is 16.8 Å². The Bertz CT molecular complexity index is 459. The summed E-state index contributed by atoms with van der Waals surface area (Å²) in [6, 6.07) is 17.6. The molecular formula is C15H17IN-. The summed E-state index contributed by atoms with van der Waals surface area (Å²) in [5, 5.41) is 3.14. The van der Waals surface area contributed by atoms with Crippen LogP contribution in [0.2, 0.25) is 0 Å². The Kier molecular flexibility index (Phi) is 4.42. The van der Waals surface area contributed by atoms with Gasteiger partial charge in [-0.15, -0.1) is 0 Å². The second kappa shape index (κ2) is 6.05. The van der Waals surface area contributed by atoms with Gasteiger partial charge in [-0.25, -0.2) is 0 Å². The molecule has 17 heavy (non-hydrogen) atoms. The van der Waals surface area contributed by atoms with Crippen molar-refractivity contribution in [3.63, 3.8) is 0 Å². The van der Waals surface area contributed by atoms with Gasteiger partial charge in [0.1, 0.15) is 0 Å². The molecule has 2 rings (SSSR count). The molecule has 0 saturated carbocycles. The Hall–Kier alpha value is -1.03. The summed E-state index contributed by atoms with van der Waals surface area (Å²) in [6.07, 6.45) is 0. The fourth-order valence-corrected chi connectivity index (χ4v) is 3.46. The van der Waals surface area contributed by atoms with Crippen LogP contribution in [0.1, 0.15) is 6.92 Å². The van der Waals surface area contributed by atoms with Crippen molar-refractivity contribution >= 4 is 5.69 Å². The van der Waals surface area contributed by atoms with E-state index in [0.717, 1.165) is 5.69 Å². The zero-order chi connectivity index (χ0) is 12.1. The molecule has 2 heteroatoms. The molecule has 90 valence electrons. The number of anilines is 1. The van der Waals surface area contributed by atoms with Crippen molar-refractivity contribution in [2.45, 2.75) is 6.92 Å². The van der Waals surface area contributed by atoms with Gasteiger partial charge in [-0.05, 0) is 0 Å². The molecule has 0 aliphatic rings. The van der Waals surface area contributed by atoms with E-state index in [1.807, 2.05) is 7.05 Å². The Morgan fingerprint density at radius 1 is 0.882 bits per heavy atom. The topological polar surface area (TPSA) is 12.0 Å². The average molecular weight is 338 g/mol. The van der Waals surface area contributed by atoms with Crippen molar-refractivity contribution in [3.05, 3.63) is 52.1 Å². The van der Waals surface area contributed by atoms with Crippen LogP contribution in [0.5, 0.6) is 0 Å². The second-order valence-corrected chi connectivity index (χ2v) is 7.27. The quantitative estimate of drug-likeness (QED) is 0.639.